The molecule has 0 amide bonds. The van der Waals surface area contributed by atoms with Gasteiger partial charge in [-0.25, -0.2) is 0 Å². The fourth-order valence-corrected chi connectivity index (χ4v) is 7.45. The van der Waals surface area contributed by atoms with Crippen molar-refractivity contribution >= 4 is 17.0 Å². The normalized spacial score (nSPS) is 25.8. The maximum Gasteiger partial charge on any atom is 0.0627 e. The Balaban J connectivity index is 1.31. The van der Waals surface area contributed by atoms with Gasteiger partial charge >= 0.3 is 0 Å². The molecule has 1 N–H and O–H groups in total. The van der Waals surface area contributed by atoms with E-state index in [-0.39, 0.29) is 0 Å². The Morgan fingerprint density at radius 2 is 1.85 bits per heavy atom. The maximum atomic E-state index is 10.7. The van der Waals surface area contributed by atoms with Crippen molar-refractivity contribution in [3.63, 3.8) is 0 Å². The van der Waals surface area contributed by atoms with Crippen molar-refractivity contribution in [2.45, 2.75) is 69.7 Å². The van der Waals surface area contributed by atoms with E-state index in [2.05, 4.69) is 57.8 Å². The van der Waals surface area contributed by atoms with Crippen LogP contribution in [0, 0.1) is 5.92 Å². The molecule has 5 heteroatoms. The number of rotatable bonds is 10. The molecule has 5 rings (SSSR count). The van der Waals surface area contributed by atoms with Gasteiger partial charge in [-0.15, -0.1) is 0 Å². The fraction of sp³-hybridized carbons (Fsp3) is 0.552. The number of benzene rings is 2. The van der Waals surface area contributed by atoms with Gasteiger partial charge in [0.2, 0.25) is 0 Å². The van der Waals surface area contributed by atoms with Gasteiger partial charge in [0.15, 0.2) is 0 Å². The molecule has 2 aliphatic carbocycles. The molecule has 3 atom stereocenters. The molecule has 1 saturated heterocycles. The molecular weight excluding hydrogens is 440 g/mol. The minimum Gasteiger partial charge on any atom is -0.300 e. The SMILES string of the molecule is COS(O)(CC1CC1)N=CCCc1ccc2c(c1)C(Cc1ccccc1)C(N1CCCC1)CC2. The zero-order valence-electron chi connectivity index (χ0n) is 20.6. The number of hydrogen-bond acceptors (Lipinski definition) is 4. The quantitative estimate of drug-likeness (QED) is 0.390. The lowest BCUT2D eigenvalue weighted by atomic mass is 9.75. The third kappa shape index (κ3) is 5.93. The summed E-state index contributed by atoms with van der Waals surface area (Å²) in [6.45, 7) is 2.51. The zero-order valence-corrected chi connectivity index (χ0v) is 21.4. The first-order valence-electron chi connectivity index (χ1n) is 13.2. The first-order valence-corrected chi connectivity index (χ1v) is 14.8. The Morgan fingerprint density at radius 3 is 2.59 bits per heavy atom. The second kappa shape index (κ2) is 10.9. The van der Waals surface area contributed by atoms with E-state index in [9.17, 15) is 4.55 Å². The molecule has 34 heavy (non-hydrogen) atoms. The van der Waals surface area contributed by atoms with Crippen LogP contribution in [0.4, 0.5) is 0 Å². The molecule has 3 aliphatic rings. The lowest BCUT2D eigenvalue weighted by Crippen LogP contribution is -2.41. The summed E-state index contributed by atoms with van der Waals surface area (Å²) in [5.74, 6) is 1.85. The monoisotopic (exact) mass is 480 g/mol. The summed E-state index contributed by atoms with van der Waals surface area (Å²) >= 11 is 0. The highest BCUT2D eigenvalue weighted by Crippen LogP contribution is 2.51. The van der Waals surface area contributed by atoms with Crippen molar-refractivity contribution in [3.05, 3.63) is 70.8 Å². The molecule has 2 fully saturated rings. The number of likely N-dealkylation sites (tertiary alicyclic amines) is 1. The summed E-state index contributed by atoms with van der Waals surface area (Å²) in [6, 6.07) is 18.9. The van der Waals surface area contributed by atoms with Crippen LogP contribution in [0.3, 0.4) is 0 Å². The van der Waals surface area contributed by atoms with E-state index in [0.29, 0.717) is 23.6 Å². The molecule has 1 saturated carbocycles. The molecule has 2 aromatic rings. The zero-order chi connectivity index (χ0) is 23.4. The predicted octanol–water partition coefficient (Wildman–Crippen LogP) is 6.59. The first kappa shape index (κ1) is 24.1. The lowest BCUT2D eigenvalue weighted by molar-refractivity contribution is 0.188. The minimum atomic E-state index is -2.28. The van der Waals surface area contributed by atoms with Gasteiger partial charge in [0.1, 0.15) is 0 Å². The van der Waals surface area contributed by atoms with Crippen molar-refractivity contribution in [2.75, 3.05) is 26.0 Å². The van der Waals surface area contributed by atoms with Crippen LogP contribution in [0.1, 0.15) is 66.7 Å². The van der Waals surface area contributed by atoms with E-state index in [1.54, 1.807) is 12.7 Å². The Bertz CT molecular complexity index is 971. The smallest absolute Gasteiger partial charge is 0.0627 e. The molecule has 1 aliphatic heterocycles. The van der Waals surface area contributed by atoms with Crippen LogP contribution < -0.4 is 0 Å². The van der Waals surface area contributed by atoms with E-state index in [0.717, 1.165) is 19.3 Å². The second-order valence-corrected chi connectivity index (χ2v) is 12.5. The van der Waals surface area contributed by atoms with E-state index >= 15 is 0 Å². The third-order valence-electron chi connectivity index (χ3n) is 7.91. The van der Waals surface area contributed by atoms with E-state index < -0.39 is 10.8 Å². The summed E-state index contributed by atoms with van der Waals surface area (Å²) in [5, 5.41) is 0. The molecular formula is C29H40N2O2S. The van der Waals surface area contributed by atoms with Crippen LogP contribution in [-0.2, 0) is 23.4 Å². The molecule has 184 valence electrons. The Morgan fingerprint density at radius 1 is 1.06 bits per heavy atom. The standard InChI is InChI=1S/C29H40N2O2S/c1-33-34(32,22-25-11-12-25)30-17-7-10-24-13-14-26-15-16-29(31-18-5-6-19-31)28(27(26)20-24)21-23-8-3-2-4-9-23/h2-4,8-9,13-14,17,20,25,28-29,32H,5-7,10-12,15-16,18-19,21-22H2,1H3. The van der Waals surface area contributed by atoms with Gasteiger partial charge in [-0.1, -0.05) is 59.3 Å². The molecule has 3 unspecified atom stereocenters. The third-order valence-corrected chi connectivity index (χ3v) is 9.83. The Hall–Kier alpha value is -1.66. The molecule has 0 aromatic heterocycles. The van der Waals surface area contributed by atoms with Crippen molar-refractivity contribution < 1.29 is 8.74 Å². The van der Waals surface area contributed by atoms with Crippen LogP contribution in [0.2, 0.25) is 0 Å². The van der Waals surface area contributed by atoms with Crippen molar-refractivity contribution in [1.29, 1.82) is 0 Å². The van der Waals surface area contributed by atoms with Crippen LogP contribution in [-0.4, -0.2) is 47.7 Å². The van der Waals surface area contributed by atoms with Gasteiger partial charge in [-0.2, -0.15) is 4.40 Å². The predicted molar refractivity (Wildman–Crippen MR) is 144 cm³/mol. The minimum absolute atomic E-state index is 0.555. The van der Waals surface area contributed by atoms with Crippen molar-refractivity contribution in [3.8, 4) is 0 Å². The second-order valence-electron chi connectivity index (χ2n) is 10.4. The van der Waals surface area contributed by atoms with Crippen LogP contribution in [0.15, 0.2) is 52.9 Å². The summed E-state index contributed by atoms with van der Waals surface area (Å²) < 4.78 is 20.5. The molecule has 0 radical (unpaired) electrons. The van der Waals surface area contributed by atoms with E-state index in [1.165, 1.54) is 68.3 Å². The maximum absolute atomic E-state index is 10.7. The van der Waals surface area contributed by atoms with Gasteiger partial charge in [0.25, 0.3) is 0 Å². The van der Waals surface area contributed by atoms with Crippen LogP contribution >= 0.6 is 10.8 Å². The summed E-state index contributed by atoms with van der Waals surface area (Å²) in [7, 11) is -0.693. The Labute approximate surface area is 207 Å². The van der Waals surface area contributed by atoms with Crippen molar-refractivity contribution in [2.24, 2.45) is 10.3 Å². The number of hydrogen-bond donors (Lipinski definition) is 1. The average molecular weight is 481 g/mol. The van der Waals surface area contributed by atoms with Gasteiger partial charge < -0.3 is 0 Å². The summed E-state index contributed by atoms with van der Waals surface area (Å²) in [5.41, 5.74) is 5.92. The van der Waals surface area contributed by atoms with E-state index in [4.69, 9.17) is 4.18 Å². The van der Waals surface area contributed by atoms with Crippen LogP contribution in [0.25, 0.3) is 0 Å². The number of fused-ring (bicyclic) bond motifs is 1. The average Bonchev–Trinajstić information content (AvgIpc) is 3.50. The van der Waals surface area contributed by atoms with Gasteiger partial charge in [0.05, 0.1) is 12.9 Å². The van der Waals surface area contributed by atoms with Gasteiger partial charge in [-0.3, -0.25) is 13.6 Å². The van der Waals surface area contributed by atoms with Crippen molar-refractivity contribution in [1.82, 2.24) is 4.90 Å². The molecule has 0 spiro atoms. The largest absolute Gasteiger partial charge is 0.300 e. The molecule has 2 aromatic carbocycles. The van der Waals surface area contributed by atoms with E-state index in [1.807, 2.05) is 6.21 Å². The van der Waals surface area contributed by atoms with Gasteiger partial charge in [-0.05, 0) is 99.0 Å². The first-order chi connectivity index (χ1) is 16.6. The fourth-order valence-electron chi connectivity index (χ4n) is 5.85. The number of aryl methyl sites for hydroxylation is 2. The van der Waals surface area contributed by atoms with Crippen LogP contribution in [0.5, 0.6) is 0 Å². The van der Waals surface area contributed by atoms with Gasteiger partial charge in [0, 0.05) is 18.2 Å². The highest BCUT2D eigenvalue weighted by atomic mass is 32.3. The lowest BCUT2D eigenvalue weighted by Gasteiger charge is -2.40. The highest BCUT2D eigenvalue weighted by molar-refractivity contribution is 8.24. The Kier molecular flexibility index (Phi) is 7.74. The topological polar surface area (TPSA) is 45.1 Å². The summed E-state index contributed by atoms with van der Waals surface area (Å²) in [4.78, 5) is 2.77. The highest BCUT2D eigenvalue weighted by Gasteiger charge is 2.35. The summed E-state index contributed by atoms with van der Waals surface area (Å²) in [6.07, 6.45) is 12.4. The molecule has 4 nitrogen and oxygen atoms in total. The molecule has 0 bridgehead atoms. The number of nitrogens with zero attached hydrogens (tertiary/aromatic N) is 2. The molecule has 1 heterocycles.